The highest BCUT2D eigenvalue weighted by molar-refractivity contribution is 6.50. The molecule has 1 saturated carbocycles. The van der Waals surface area contributed by atoms with Crippen LogP contribution in [0.3, 0.4) is 0 Å². The number of hydrogen-bond acceptors (Lipinski definition) is 4. The van der Waals surface area contributed by atoms with Gasteiger partial charge in [-0.1, -0.05) is 36.4 Å². The van der Waals surface area contributed by atoms with Crippen LogP contribution in [0.15, 0.2) is 65.4 Å². The van der Waals surface area contributed by atoms with Crippen LogP contribution >= 0.6 is 12.4 Å². The maximum atomic E-state index is 13.2. The van der Waals surface area contributed by atoms with Crippen molar-refractivity contribution in [2.24, 2.45) is 0 Å². The Balaban J connectivity index is 0.00000252. The summed E-state index contributed by atoms with van der Waals surface area (Å²) in [5, 5.41) is 4.46. The molecule has 0 bridgehead atoms. The number of amides is 2. The Hall–Kier alpha value is -3.35. The number of imide groups is 1. The molecule has 4 aromatic rings. The molecular weight excluding hydrogens is 486 g/mol. The number of aromatic nitrogens is 1. The number of benzene rings is 2. The first-order chi connectivity index (χ1) is 17.7. The van der Waals surface area contributed by atoms with E-state index in [1.807, 2.05) is 30.3 Å². The van der Waals surface area contributed by atoms with E-state index < -0.39 is 0 Å². The van der Waals surface area contributed by atoms with Crippen molar-refractivity contribution in [3.63, 3.8) is 0 Å². The van der Waals surface area contributed by atoms with Gasteiger partial charge in [0, 0.05) is 45.7 Å². The predicted molar refractivity (Wildman–Crippen MR) is 147 cm³/mol. The number of para-hydroxylation sites is 2. The zero-order valence-corrected chi connectivity index (χ0v) is 21.4. The fourth-order valence-corrected chi connectivity index (χ4v) is 6.67. The van der Waals surface area contributed by atoms with Crippen molar-refractivity contribution in [2.45, 2.75) is 50.6 Å². The molecule has 0 unspecified atom stereocenters. The van der Waals surface area contributed by atoms with Crippen molar-refractivity contribution >= 4 is 57.2 Å². The predicted octanol–water partition coefficient (Wildman–Crippen LogP) is 5.96. The second kappa shape index (κ2) is 9.51. The van der Waals surface area contributed by atoms with Crippen molar-refractivity contribution in [1.82, 2.24) is 14.8 Å². The Bertz CT molecular complexity index is 1530. The number of nitrogens with zero attached hydrogens (tertiary/aromatic N) is 2. The summed E-state index contributed by atoms with van der Waals surface area (Å²) in [7, 11) is 0. The highest BCUT2D eigenvalue weighted by Crippen LogP contribution is 2.41. The van der Waals surface area contributed by atoms with Gasteiger partial charge >= 0.3 is 0 Å². The molecule has 7 heteroatoms. The van der Waals surface area contributed by atoms with Crippen molar-refractivity contribution in [3.05, 3.63) is 72.1 Å². The van der Waals surface area contributed by atoms with Gasteiger partial charge in [-0.3, -0.25) is 14.9 Å². The molecule has 1 N–H and O–H groups in total. The van der Waals surface area contributed by atoms with E-state index in [9.17, 15) is 9.59 Å². The molecule has 1 aliphatic carbocycles. The molecular formula is C30H30ClN3O3. The second-order valence-electron chi connectivity index (χ2n) is 10.4. The van der Waals surface area contributed by atoms with Gasteiger partial charge in [0.2, 0.25) is 0 Å². The van der Waals surface area contributed by atoms with Crippen LogP contribution in [0.1, 0.15) is 55.7 Å². The number of carbonyl (C=O) groups is 2. The minimum absolute atomic E-state index is 0. The van der Waals surface area contributed by atoms with Crippen molar-refractivity contribution in [2.75, 3.05) is 13.1 Å². The molecule has 2 amide bonds. The van der Waals surface area contributed by atoms with Gasteiger partial charge in [-0.05, 0) is 63.7 Å². The van der Waals surface area contributed by atoms with Gasteiger partial charge in [0.25, 0.3) is 11.8 Å². The molecule has 190 valence electrons. The van der Waals surface area contributed by atoms with E-state index in [2.05, 4.69) is 39.2 Å². The topological polar surface area (TPSA) is 67.5 Å². The normalized spacial score (nSPS) is 22.7. The standard InChI is InChI=1S/C30H29N3O3.ClH/c34-29-26(23-8-5-6-19-14-17-36-28(19)23)27(30(35)31-29)24-18-33(25-9-2-1-7-22(24)25)21-12-10-20(11-13-21)32-15-3-4-16-32;/h1-2,5-9,14,17-18,20-21H,3-4,10-13,15-16H2,(H,31,34,35);1H/t20-,21-;. The molecule has 0 spiro atoms. The summed E-state index contributed by atoms with van der Waals surface area (Å²) in [6, 6.07) is 16.9. The molecule has 0 atom stereocenters. The number of halogens is 1. The Morgan fingerprint density at radius 2 is 1.49 bits per heavy atom. The molecule has 37 heavy (non-hydrogen) atoms. The van der Waals surface area contributed by atoms with Crippen LogP contribution in [-0.4, -0.2) is 40.4 Å². The van der Waals surface area contributed by atoms with Gasteiger partial charge in [0.15, 0.2) is 0 Å². The summed E-state index contributed by atoms with van der Waals surface area (Å²) >= 11 is 0. The molecule has 2 fully saturated rings. The smallest absolute Gasteiger partial charge is 0.259 e. The molecule has 2 aromatic heterocycles. The second-order valence-corrected chi connectivity index (χ2v) is 10.4. The van der Waals surface area contributed by atoms with Gasteiger partial charge in [0.1, 0.15) is 5.58 Å². The lowest BCUT2D eigenvalue weighted by Crippen LogP contribution is -2.36. The van der Waals surface area contributed by atoms with Gasteiger partial charge < -0.3 is 13.9 Å². The van der Waals surface area contributed by atoms with Crippen LogP contribution < -0.4 is 5.32 Å². The minimum Gasteiger partial charge on any atom is -0.464 e. The van der Waals surface area contributed by atoms with E-state index in [1.54, 1.807) is 6.26 Å². The minimum atomic E-state index is -0.373. The number of nitrogens with one attached hydrogen (secondary N) is 1. The monoisotopic (exact) mass is 515 g/mol. The maximum absolute atomic E-state index is 13.2. The molecule has 4 heterocycles. The lowest BCUT2D eigenvalue weighted by molar-refractivity contribution is -0.122. The van der Waals surface area contributed by atoms with E-state index in [0.717, 1.165) is 34.7 Å². The number of carbonyl (C=O) groups excluding carboxylic acids is 2. The number of rotatable bonds is 4. The van der Waals surface area contributed by atoms with E-state index in [4.69, 9.17) is 4.42 Å². The van der Waals surface area contributed by atoms with Crippen LogP contribution in [0.25, 0.3) is 33.0 Å². The van der Waals surface area contributed by atoms with Crippen molar-refractivity contribution in [1.29, 1.82) is 0 Å². The van der Waals surface area contributed by atoms with Gasteiger partial charge in [-0.2, -0.15) is 0 Å². The highest BCUT2D eigenvalue weighted by Gasteiger charge is 2.36. The van der Waals surface area contributed by atoms with Crippen LogP contribution in [0.2, 0.25) is 0 Å². The van der Waals surface area contributed by atoms with E-state index in [0.29, 0.717) is 34.4 Å². The largest absolute Gasteiger partial charge is 0.464 e. The number of fused-ring (bicyclic) bond motifs is 2. The summed E-state index contributed by atoms with van der Waals surface area (Å²) in [5.41, 5.74) is 4.03. The van der Waals surface area contributed by atoms with E-state index in [1.165, 1.54) is 38.8 Å². The number of furan rings is 1. The van der Waals surface area contributed by atoms with Crippen LogP contribution in [0, 0.1) is 0 Å². The highest BCUT2D eigenvalue weighted by atomic mass is 35.5. The number of hydrogen-bond donors (Lipinski definition) is 1. The lowest BCUT2D eigenvalue weighted by atomic mass is 9.90. The van der Waals surface area contributed by atoms with Gasteiger partial charge in [-0.25, -0.2) is 0 Å². The first-order valence-electron chi connectivity index (χ1n) is 13.1. The zero-order chi connectivity index (χ0) is 24.2. The Morgan fingerprint density at radius 1 is 0.784 bits per heavy atom. The van der Waals surface area contributed by atoms with Crippen LogP contribution in [-0.2, 0) is 9.59 Å². The Labute approximate surface area is 221 Å². The third kappa shape index (κ3) is 3.90. The van der Waals surface area contributed by atoms with Gasteiger partial charge in [-0.15, -0.1) is 12.4 Å². The summed E-state index contributed by atoms with van der Waals surface area (Å²) < 4.78 is 8.09. The third-order valence-corrected chi connectivity index (χ3v) is 8.41. The Morgan fingerprint density at radius 3 is 2.27 bits per heavy atom. The summed E-state index contributed by atoms with van der Waals surface area (Å²) in [5.74, 6) is -0.721. The molecule has 1 saturated heterocycles. The lowest BCUT2D eigenvalue weighted by Gasteiger charge is -2.35. The number of likely N-dealkylation sites (tertiary alicyclic amines) is 1. The molecule has 2 aliphatic heterocycles. The van der Waals surface area contributed by atoms with Gasteiger partial charge in [0.05, 0.1) is 17.4 Å². The SMILES string of the molecule is Cl.O=C1NC(=O)C(c2cccc3ccoc23)=C1c1cn([C@H]2CC[C@H](N3CCCC3)CC2)c2ccccc12. The summed E-state index contributed by atoms with van der Waals surface area (Å²) in [6.45, 7) is 2.49. The quantitative estimate of drug-likeness (QED) is 0.341. The third-order valence-electron chi connectivity index (χ3n) is 8.41. The fourth-order valence-electron chi connectivity index (χ4n) is 6.67. The van der Waals surface area contributed by atoms with Crippen molar-refractivity contribution in [3.8, 4) is 0 Å². The molecule has 2 aromatic carbocycles. The zero-order valence-electron chi connectivity index (χ0n) is 20.6. The fraction of sp³-hybridized carbons (Fsp3) is 0.333. The molecule has 0 radical (unpaired) electrons. The Kier molecular flexibility index (Phi) is 6.17. The van der Waals surface area contributed by atoms with Crippen LogP contribution in [0.4, 0.5) is 0 Å². The maximum Gasteiger partial charge on any atom is 0.259 e. The van der Waals surface area contributed by atoms with E-state index in [-0.39, 0.29) is 24.2 Å². The molecule has 7 rings (SSSR count). The van der Waals surface area contributed by atoms with E-state index >= 15 is 0 Å². The average Bonchev–Trinajstić information content (AvgIpc) is 3.70. The average molecular weight is 516 g/mol. The summed E-state index contributed by atoms with van der Waals surface area (Å²) in [6.07, 6.45) is 11.1. The van der Waals surface area contributed by atoms with Crippen molar-refractivity contribution < 1.29 is 14.0 Å². The first kappa shape index (κ1) is 24.0. The molecule has 3 aliphatic rings. The first-order valence-corrected chi connectivity index (χ1v) is 13.1. The molecule has 6 nitrogen and oxygen atoms in total. The van der Waals surface area contributed by atoms with Crippen LogP contribution in [0.5, 0.6) is 0 Å². The summed E-state index contributed by atoms with van der Waals surface area (Å²) in [4.78, 5) is 29.0.